The number of rotatable bonds is 3. The number of fused-ring (bicyclic) bond motifs is 1. The van der Waals surface area contributed by atoms with Crippen molar-refractivity contribution in [1.82, 2.24) is 15.3 Å². The van der Waals surface area contributed by atoms with Crippen LogP contribution in [0.1, 0.15) is 49.5 Å². The highest BCUT2D eigenvalue weighted by Gasteiger charge is 2.34. The monoisotopic (exact) mass is 301 g/mol. The summed E-state index contributed by atoms with van der Waals surface area (Å²) in [6, 6.07) is 4.62. The second kappa shape index (κ2) is 5.50. The summed E-state index contributed by atoms with van der Waals surface area (Å²) in [4.78, 5) is 10.7. The molecule has 1 aliphatic carbocycles. The predicted molar refractivity (Wildman–Crippen MR) is 88.6 cm³/mol. The zero-order valence-corrected chi connectivity index (χ0v) is 14.0. The van der Waals surface area contributed by atoms with Gasteiger partial charge in [0.15, 0.2) is 0 Å². The summed E-state index contributed by atoms with van der Waals surface area (Å²) in [7, 11) is 0. The molecular formula is C17H23N3S. The molecule has 0 saturated carbocycles. The molecule has 0 bridgehead atoms. The first-order valence-corrected chi connectivity index (χ1v) is 8.46. The van der Waals surface area contributed by atoms with Crippen LogP contribution in [-0.2, 0) is 6.42 Å². The molecule has 1 N–H and O–H groups in total. The molecule has 2 heterocycles. The molecule has 0 fully saturated rings. The summed E-state index contributed by atoms with van der Waals surface area (Å²) in [5.41, 5.74) is 3.77. The second-order valence-corrected chi connectivity index (χ2v) is 7.70. The Bertz CT molecular complexity index is 628. The molecule has 0 spiro atoms. The van der Waals surface area contributed by atoms with Gasteiger partial charge >= 0.3 is 0 Å². The van der Waals surface area contributed by atoms with E-state index in [1.165, 1.54) is 17.0 Å². The van der Waals surface area contributed by atoms with E-state index in [-0.39, 0.29) is 0 Å². The van der Waals surface area contributed by atoms with Gasteiger partial charge in [-0.2, -0.15) is 0 Å². The van der Waals surface area contributed by atoms with E-state index in [9.17, 15) is 0 Å². The van der Waals surface area contributed by atoms with Crippen LogP contribution < -0.4 is 5.32 Å². The number of nitrogens with one attached hydrogen (secondary N) is 1. The minimum Gasteiger partial charge on any atom is -0.309 e. The van der Waals surface area contributed by atoms with E-state index in [1.54, 1.807) is 0 Å². The van der Waals surface area contributed by atoms with Gasteiger partial charge in [0.1, 0.15) is 5.01 Å². The van der Waals surface area contributed by atoms with Crippen LogP contribution in [0.2, 0.25) is 0 Å². The number of thiazole rings is 1. The minimum atomic E-state index is 0.316. The molecule has 0 amide bonds. The normalized spacial score (nSPS) is 20.3. The fourth-order valence-electron chi connectivity index (χ4n) is 3.06. The van der Waals surface area contributed by atoms with E-state index < -0.39 is 0 Å². The molecule has 112 valence electrons. The van der Waals surface area contributed by atoms with E-state index in [0.29, 0.717) is 11.5 Å². The summed E-state index contributed by atoms with van der Waals surface area (Å²) in [5, 5.41) is 4.73. The minimum absolute atomic E-state index is 0.316. The Morgan fingerprint density at radius 3 is 2.86 bits per heavy atom. The summed E-state index contributed by atoms with van der Waals surface area (Å²) in [6.07, 6.45) is 4.19. The highest BCUT2D eigenvalue weighted by atomic mass is 32.1. The van der Waals surface area contributed by atoms with Gasteiger partial charge in [0.2, 0.25) is 0 Å². The van der Waals surface area contributed by atoms with Gasteiger partial charge in [0.25, 0.3) is 0 Å². The van der Waals surface area contributed by atoms with Gasteiger partial charge < -0.3 is 5.32 Å². The van der Waals surface area contributed by atoms with Gasteiger partial charge in [-0.05, 0) is 43.9 Å². The number of hydrogen-bond donors (Lipinski definition) is 1. The molecular weight excluding hydrogens is 278 g/mol. The highest BCUT2D eigenvalue weighted by Crippen LogP contribution is 2.44. The van der Waals surface area contributed by atoms with Crippen molar-refractivity contribution in [3.8, 4) is 10.6 Å². The lowest BCUT2D eigenvalue weighted by Gasteiger charge is -2.34. The first-order chi connectivity index (χ1) is 9.98. The van der Waals surface area contributed by atoms with Crippen molar-refractivity contribution in [2.45, 2.75) is 46.6 Å². The third kappa shape index (κ3) is 3.01. The fourth-order valence-corrected chi connectivity index (χ4v) is 4.21. The molecule has 2 aromatic rings. The fraction of sp³-hybridized carbons (Fsp3) is 0.529. The summed E-state index contributed by atoms with van der Waals surface area (Å²) in [5.74, 6) is 0. The van der Waals surface area contributed by atoms with Crippen LogP contribution in [-0.4, -0.2) is 16.5 Å². The average molecular weight is 301 g/mol. The van der Waals surface area contributed by atoms with Crippen molar-refractivity contribution in [2.24, 2.45) is 5.41 Å². The first kappa shape index (κ1) is 14.7. The predicted octanol–water partition coefficient (Wildman–Crippen LogP) is 4.14. The van der Waals surface area contributed by atoms with Crippen LogP contribution in [0.4, 0.5) is 0 Å². The summed E-state index contributed by atoms with van der Waals surface area (Å²) < 4.78 is 0. The molecule has 1 atom stereocenters. The molecule has 1 aliphatic rings. The van der Waals surface area contributed by atoms with Gasteiger partial charge in [-0.15, -0.1) is 11.3 Å². The van der Waals surface area contributed by atoms with Crippen LogP contribution in [0.25, 0.3) is 10.6 Å². The molecule has 1 unspecified atom stereocenters. The summed E-state index contributed by atoms with van der Waals surface area (Å²) >= 11 is 1.83. The zero-order chi connectivity index (χ0) is 15.0. The molecule has 21 heavy (non-hydrogen) atoms. The van der Waals surface area contributed by atoms with E-state index in [4.69, 9.17) is 4.98 Å². The van der Waals surface area contributed by atoms with Gasteiger partial charge in [-0.1, -0.05) is 20.8 Å². The maximum atomic E-state index is 4.92. The van der Waals surface area contributed by atoms with Crippen LogP contribution in [0.3, 0.4) is 0 Å². The van der Waals surface area contributed by atoms with Gasteiger partial charge in [-0.25, -0.2) is 4.98 Å². The van der Waals surface area contributed by atoms with Crippen LogP contribution >= 0.6 is 11.3 Å². The van der Waals surface area contributed by atoms with Crippen molar-refractivity contribution in [3.63, 3.8) is 0 Å². The Morgan fingerprint density at radius 1 is 1.38 bits per heavy atom. The maximum Gasteiger partial charge on any atom is 0.125 e. The number of nitrogens with zero attached hydrogens (tertiary/aromatic N) is 2. The third-order valence-electron chi connectivity index (χ3n) is 4.06. The number of pyridine rings is 1. The van der Waals surface area contributed by atoms with Crippen LogP contribution in [0.5, 0.6) is 0 Å². The molecule has 3 rings (SSSR count). The van der Waals surface area contributed by atoms with Crippen molar-refractivity contribution in [3.05, 3.63) is 34.6 Å². The Hall–Kier alpha value is -1.26. The van der Waals surface area contributed by atoms with Gasteiger partial charge in [-0.3, -0.25) is 4.98 Å². The topological polar surface area (TPSA) is 37.8 Å². The lowest BCUT2D eigenvalue weighted by molar-refractivity contribution is 0.260. The Labute approximate surface area is 130 Å². The van der Waals surface area contributed by atoms with Crippen molar-refractivity contribution in [2.75, 3.05) is 6.54 Å². The van der Waals surface area contributed by atoms with E-state index in [0.717, 1.165) is 29.2 Å². The van der Waals surface area contributed by atoms with Gasteiger partial charge in [0, 0.05) is 28.4 Å². The SMILES string of the molecule is CCNC1CC(C)(C)Cc2nc(-c3ccc(C)nc3)sc21. The van der Waals surface area contributed by atoms with Crippen molar-refractivity contribution < 1.29 is 0 Å². The quantitative estimate of drug-likeness (QED) is 0.926. The molecule has 4 heteroatoms. The summed E-state index contributed by atoms with van der Waals surface area (Å²) in [6.45, 7) is 9.87. The zero-order valence-electron chi connectivity index (χ0n) is 13.2. The van der Waals surface area contributed by atoms with E-state index in [1.807, 2.05) is 24.5 Å². The second-order valence-electron chi connectivity index (χ2n) is 6.67. The lowest BCUT2D eigenvalue weighted by Crippen LogP contribution is -2.32. The molecule has 0 aromatic carbocycles. The highest BCUT2D eigenvalue weighted by molar-refractivity contribution is 7.15. The molecule has 0 radical (unpaired) electrons. The number of hydrogen-bond acceptors (Lipinski definition) is 4. The largest absolute Gasteiger partial charge is 0.309 e. The first-order valence-electron chi connectivity index (χ1n) is 7.64. The molecule has 3 nitrogen and oxygen atoms in total. The standard InChI is InChI=1S/C17H23N3S/c1-5-18-13-8-17(3,4)9-14-15(13)21-16(20-14)12-7-6-11(2)19-10-12/h6-7,10,13,18H,5,8-9H2,1-4H3. The molecule has 2 aromatic heterocycles. The number of aromatic nitrogens is 2. The van der Waals surface area contributed by atoms with Gasteiger partial charge in [0.05, 0.1) is 5.69 Å². The maximum absolute atomic E-state index is 4.92. The van der Waals surface area contributed by atoms with Crippen LogP contribution in [0.15, 0.2) is 18.3 Å². The van der Waals surface area contributed by atoms with Crippen molar-refractivity contribution >= 4 is 11.3 Å². The Morgan fingerprint density at radius 2 is 2.19 bits per heavy atom. The molecule has 0 aliphatic heterocycles. The Kier molecular flexibility index (Phi) is 3.84. The molecule has 0 saturated heterocycles. The average Bonchev–Trinajstić information content (AvgIpc) is 2.82. The smallest absolute Gasteiger partial charge is 0.125 e. The van der Waals surface area contributed by atoms with E-state index in [2.05, 4.69) is 43.2 Å². The Balaban J connectivity index is 1.99. The lowest BCUT2D eigenvalue weighted by atomic mass is 9.76. The third-order valence-corrected chi connectivity index (χ3v) is 5.32. The van der Waals surface area contributed by atoms with Crippen LogP contribution in [0, 0.1) is 12.3 Å². The van der Waals surface area contributed by atoms with Crippen molar-refractivity contribution in [1.29, 1.82) is 0 Å². The van der Waals surface area contributed by atoms with E-state index >= 15 is 0 Å². The number of aryl methyl sites for hydroxylation is 1.